The first kappa shape index (κ1) is 13.9. The smallest absolute Gasteiger partial charge is 0.0751 e. The summed E-state index contributed by atoms with van der Waals surface area (Å²) in [7, 11) is 0. The Labute approximate surface area is 132 Å². The lowest BCUT2D eigenvalue weighted by molar-refractivity contribution is 1.15. The number of nitrogen functional groups attached to an aromatic ring is 1. The third-order valence-corrected chi connectivity index (χ3v) is 4.20. The van der Waals surface area contributed by atoms with Gasteiger partial charge in [-0.1, -0.05) is 24.3 Å². The molecule has 1 aromatic heterocycles. The maximum absolute atomic E-state index is 5.90. The van der Waals surface area contributed by atoms with Crippen LogP contribution in [0.25, 0.3) is 10.9 Å². The van der Waals surface area contributed by atoms with E-state index in [2.05, 4.69) is 56.6 Å². The number of rotatable bonds is 3. The van der Waals surface area contributed by atoms with Crippen LogP contribution in [0.2, 0.25) is 0 Å². The molecule has 0 bridgehead atoms. The van der Waals surface area contributed by atoms with Gasteiger partial charge < -0.3 is 11.1 Å². The Hall–Kier alpha value is -2.07. The van der Waals surface area contributed by atoms with Gasteiger partial charge >= 0.3 is 0 Å². The minimum absolute atomic E-state index is 0.719. The number of fused-ring (bicyclic) bond motifs is 1. The average molecular weight is 342 g/mol. The molecule has 21 heavy (non-hydrogen) atoms. The molecule has 1 heterocycles. The highest BCUT2D eigenvalue weighted by Crippen LogP contribution is 2.28. The second-order valence-electron chi connectivity index (χ2n) is 5.03. The van der Waals surface area contributed by atoms with E-state index in [-0.39, 0.29) is 0 Å². The summed E-state index contributed by atoms with van der Waals surface area (Å²) in [4.78, 5) is 4.48. The molecule has 0 aliphatic rings. The van der Waals surface area contributed by atoms with Crippen molar-refractivity contribution in [2.45, 2.75) is 13.5 Å². The first-order valence-corrected chi connectivity index (χ1v) is 7.56. The molecule has 0 spiro atoms. The van der Waals surface area contributed by atoms with Gasteiger partial charge in [-0.05, 0) is 52.2 Å². The van der Waals surface area contributed by atoms with Crippen LogP contribution in [0.1, 0.15) is 11.1 Å². The standard InChI is InChI=1S/C17H16BrN3/c1-11-8-16(14(18)9-15(11)19)21-10-13-5-2-4-12-6-3-7-20-17(12)13/h2-9,21H,10,19H2,1H3. The van der Waals surface area contributed by atoms with Crippen LogP contribution in [0.3, 0.4) is 0 Å². The summed E-state index contributed by atoms with van der Waals surface area (Å²) in [5.74, 6) is 0. The van der Waals surface area contributed by atoms with Crippen molar-refractivity contribution in [1.29, 1.82) is 0 Å². The van der Waals surface area contributed by atoms with Crippen LogP contribution in [0.15, 0.2) is 53.1 Å². The van der Waals surface area contributed by atoms with Crippen LogP contribution < -0.4 is 11.1 Å². The molecule has 0 amide bonds. The Morgan fingerprint density at radius 1 is 1.19 bits per heavy atom. The van der Waals surface area contributed by atoms with Crippen molar-refractivity contribution in [2.75, 3.05) is 11.1 Å². The Kier molecular flexibility index (Phi) is 3.80. The van der Waals surface area contributed by atoms with Gasteiger partial charge in [0.2, 0.25) is 0 Å². The maximum atomic E-state index is 5.90. The maximum Gasteiger partial charge on any atom is 0.0751 e. The predicted molar refractivity (Wildman–Crippen MR) is 92.4 cm³/mol. The van der Waals surface area contributed by atoms with Gasteiger partial charge in [-0.15, -0.1) is 0 Å². The lowest BCUT2D eigenvalue weighted by Crippen LogP contribution is -2.02. The molecule has 0 fully saturated rings. The zero-order chi connectivity index (χ0) is 14.8. The number of nitrogens with zero attached hydrogens (tertiary/aromatic N) is 1. The highest BCUT2D eigenvalue weighted by atomic mass is 79.9. The fourth-order valence-corrected chi connectivity index (χ4v) is 2.83. The molecule has 0 saturated heterocycles. The number of hydrogen-bond donors (Lipinski definition) is 2. The number of para-hydroxylation sites is 1. The highest BCUT2D eigenvalue weighted by Gasteiger charge is 2.05. The van der Waals surface area contributed by atoms with Gasteiger partial charge in [0.15, 0.2) is 0 Å². The molecule has 106 valence electrons. The number of nitrogens with two attached hydrogens (primary N) is 1. The molecule has 2 aromatic carbocycles. The fourth-order valence-electron chi connectivity index (χ4n) is 2.33. The van der Waals surface area contributed by atoms with Gasteiger partial charge in [0.25, 0.3) is 0 Å². The molecule has 3 aromatic rings. The van der Waals surface area contributed by atoms with E-state index in [0.717, 1.165) is 38.9 Å². The highest BCUT2D eigenvalue weighted by molar-refractivity contribution is 9.10. The summed E-state index contributed by atoms with van der Waals surface area (Å²) in [6.07, 6.45) is 1.83. The largest absolute Gasteiger partial charge is 0.398 e. The van der Waals surface area contributed by atoms with Crippen molar-refractivity contribution in [2.24, 2.45) is 0 Å². The molecule has 3 N–H and O–H groups in total. The Morgan fingerprint density at radius 3 is 2.86 bits per heavy atom. The zero-order valence-corrected chi connectivity index (χ0v) is 13.3. The van der Waals surface area contributed by atoms with Gasteiger partial charge in [0, 0.05) is 34.0 Å². The third-order valence-electron chi connectivity index (χ3n) is 3.54. The molecule has 0 saturated carbocycles. The fraction of sp³-hybridized carbons (Fsp3) is 0.118. The zero-order valence-electron chi connectivity index (χ0n) is 11.7. The van der Waals surface area contributed by atoms with E-state index in [0.29, 0.717) is 0 Å². The Morgan fingerprint density at radius 2 is 2.00 bits per heavy atom. The molecule has 4 heteroatoms. The van der Waals surface area contributed by atoms with Crippen molar-refractivity contribution in [1.82, 2.24) is 4.98 Å². The quantitative estimate of drug-likeness (QED) is 0.689. The van der Waals surface area contributed by atoms with E-state index in [4.69, 9.17) is 5.73 Å². The number of halogens is 1. The summed E-state index contributed by atoms with van der Waals surface area (Å²) >= 11 is 3.55. The number of benzene rings is 2. The van der Waals surface area contributed by atoms with Crippen molar-refractivity contribution < 1.29 is 0 Å². The number of nitrogens with one attached hydrogen (secondary N) is 1. The van der Waals surface area contributed by atoms with Crippen LogP contribution in [0, 0.1) is 6.92 Å². The second-order valence-corrected chi connectivity index (χ2v) is 5.89. The Bertz CT molecular complexity index is 794. The average Bonchev–Trinajstić information content (AvgIpc) is 2.49. The lowest BCUT2D eigenvalue weighted by atomic mass is 10.1. The summed E-state index contributed by atoms with van der Waals surface area (Å²) in [6, 6.07) is 14.3. The monoisotopic (exact) mass is 341 g/mol. The van der Waals surface area contributed by atoms with Crippen molar-refractivity contribution in [3.63, 3.8) is 0 Å². The molecule has 3 rings (SSSR count). The minimum atomic E-state index is 0.719. The van der Waals surface area contributed by atoms with E-state index < -0.39 is 0 Å². The second kappa shape index (κ2) is 5.74. The molecule has 0 aliphatic heterocycles. The van der Waals surface area contributed by atoms with Crippen LogP contribution in [-0.4, -0.2) is 4.98 Å². The van der Waals surface area contributed by atoms with Crippen LogP contribution >= 0.6 is 15.9 Å². The lowest BCUT2D eigenvalue weighted by Gasteiger charge is -2.12. The van der Waals surface area contributed by atoms with Crippen LogP contribution in [0.4, 0.5) is 11.4 Å². The molecular formula is C17H16BrN3. The summed E-state index contributed by atoms with van der Waals surface area (Å²) in [5.41, 5.74) is 11.0. The summed E-state index contributed by atoms with van der Waals surface area (Å²) in [5, 5.41) is 4.60. The predicted octanol–water partition coefficient (Wildman–Crippen LogP) is 4.50. The van der Waals surface area contributed by atoms with Gasteiger partial charge in [-0.2, -0.15) is 0 Å². The molecule has 0 aliphatic carbocycles. The number of hydrogen-bond acceptors (Lipinski definition) is 3. The van der Waals surface area contributed by atoms with Gasteiger partial charge in [-0.3, -0.25) is 4.98 Å². The van der Waals surface area contributed by atoms with E-state index in [1.165, 1.54) is 5.56 Å². The number of aryl methyl sites for hydroxylation is 1. The van der Waals surface area contributed by atoms with E-state index in [1.807, 2.05) is 25.3 Å². The summed E-state index contributed by atoms with van der Waals surface area (Å²) in [6.45, 7) is 2.72. The molecule has 0 radical (unpaired) electrons. The summed E-state index contributed by atoms with van der Waals surface area (Å²) < 4.78 is 0.971. The molecule has 0 atom stereocenters. The SMILES string of the molecule is Cc1cc(NCc2cccc3cccnc23)c(Br)cc1N. The first-order valence-electron chi connectivity index (χ1n) is 6.77. The molecule has 3 nitrogen and oxygen atoms in total. The molecular weight excluding hydrogens is 326 g/mol. The Balaban J connectivity index is 1.89. The van der Waals surface area contributed by atoms with E-state index >= 15 is 0 Å². The van der Waals surface area contributed by atoms with Gasteiger partial charge in [-0.25, -0.2) is 0 Å². The van der Waals surface area contributed by atoms with Crippen molar-refractivity contribution in [3.8, 4) is 0 Å². The minimum Gasteiger partial charge on any atom is -0.398 e. The van der Waals surface area contributed by atoms with Crippen LogP contribution in [-0.2, 0) is 6.54 Å². The van der Waals surface area contributed by atoms with Crippen LogP contribution in [0.5, 0.6) is 0 Å². The van der Waals surface area contributed by atoms with Gasteiger partial charge in [0.05, 0.1) is 5.52 Å². The topological polar surface area (TPSA) is 50.9 Å². The normalized spacial score (nSPS) is 10.8. The van der Waals surface area contributed by atoms with Crippen molar-refractivity contribution in [3.05, 3.63) is 64.3 Å². The van der Waals surface area contributed by atoms with Gasteiger partial charge in [0.1, 0.15) is 0 Å². The van der Waals surface area contributed by atoms with Crippen molar-refractivity contribution >= 4 is 38.2 Å². The number of pyridine rings is 1. The van der Waals surface area contributed by atoms with E-state index in [1.54, 1.807) is 0 Å². The molecule has 0 unspecified atom stereocenters. The van der Waals surface area contributed by atoms with E-state index in [9.17, 15) is 0 Å². The number of anilines is 2. The third kappa shape index (κ3) is 2.85. The number of aromatic nitrogens is 1. The first-order chi connectivity index (χ1) is 10.1.